The lowest BCUT2D eigenvalue weighted by molar-refractivity contribution is 0.0270. The van der Waals surface area contributed by atoms with Gasteiger partial charge in [-0.05, 0) is 93.0 Å². The zero-order chi connectivity index (χ0) is 25.4. The number of carbonyl (C=O) groups excluding carboxylic acids is 2. The molecule has 0 aromatic heterocycles. The first-order chi connectivity index (χ1) is 15.8. The maximum absolute atomic E-state index is 11.7. The Balaban J connectivity index is 0.000000549. The Morgan fingerprint density at radius 1 is 0.758 bits per heavy atom. The fourth-order valence-electron chi connectivity index (χ4n) is 2.49. The first-order valence-electron chi connectivity index (χ1n) is 11.7. The van der Waals surface area contributed by atoms with Gasteiger partial charge in [-0.2, -0.15) is 0 Å². The summed E-state index contributed by atoms with van der Waals surface area (Å²) in [6.07, 6.45) is 2.44. The van der Waals surface area contributed by atoms with E-state index < -0.39 is 0 Å². The lowest BCUT2D eigenvalue weighted by Gasteiger charge is -2.06. The number of rotatable bonds is 6. The number of amides is 2. The fourth-order valence-corrected chi connectivity index (χ4v) is 2.49. The van der Waals surface area contributed by atoms with Crippen LogP contribution in [-0.4, -0.2) is 25.5 Å². The number of hydrogen-bond donors (Lipinski definition) is 2. The molecule has 0 bridgehead atoms. The van der Waals surface area contributed by atoms with Gasteiger partial charge < -0.3 is 0 Å². The van der Waals surface area contributed by atoms with E-state index in [1.165, 1.54) is 31.1 Å². The molecule has 6 nitrogen and oxygen atoms in total. The highest BCUT2D eigenvalue weighted by Gasteiger charge is 2.21. The molecule has 1 fully saturated rings. The lowest BCUT2D eigenvalue weighted by atomic mass is 10.1. The normalized spacial score (nSPS) is 11.4. The molecule has 0 saturated heterocycles. The smallest absolute Gasteiger partial charge is 0.274 e. The van der Waals surface area contributed by atoms with Gasteiger partial charge >= 0.3 is 0 Å². The van der Waals surface area contributed by atoms with Crippen molar-refractivity contribution < 1.29 is 19.3 Å². The summed E-state index contributed by atoms with van der Waals surface area (Å²) in [6.45, 7) is 16.6. The van der Waals surface area contributed by atoms with E-state index in [2.05, 4.69) is 15.8 Å². The maximum atomic E-state index is 11.7. The molecule has 6 heteroatoms. The minimum Gasteiger partial charge on any atom is -0.277 e. The van der Waals surface area contributed by atoms with Gasteiger partial charge in [0.15, 0.2) is 0 Å². The molecule has 0 aliphatic heterocycles. The Hall–Kier alpha value is -2.70. The molecule has 1 aliphatic rings. The van der Waals surface area contributed by atoms with Gasteiger partial charge in [-0.1, -0.05) is 39.8 Å². The molecule has 1 saturated carbocycles. The summed E-state index contributed by atoms with van der Waals surface area (Å²) < 4.78 is 0. The van der Waals surface area contributed by atoms with Crippen LogP contribution in [0.2, 0.25) is 0 Å². The van der Waals surface area contributed by atoms with Crippen LogP contribution in [0, 0.1) is 33.6 Å². The molecule has 184 valence electrons. The third-order valence-electron chi connectivity index (χ3n) is 4.91. The average molecular weight is 459 g/mol. The number of hydroxylamine groups is 2. The van der Waals surface area contributed by atoms with Crippen molar-refractivity contribution in [1.29, 1.82) is 0 Å². The summed E-state index contributed by atoms with van der Waals surface area (Å²) in [4.78, 5) is 32.6. The second-order valence-corrected chi connectivity index (χ2v) is 7.42. The quantitative estimate of drug-likeness (QED) is 0.519. The van der Waals surface area contributed by atoms with Crippen LogP contribution in [-0.2, 0) is 9.68 Å². The highest BCUT2D eigenvalue weighted by Crippen LogP contribution is 2.28. The molecule has 0 spiro atoms. The Morgan fingerprint density at radius 2 is 1.18 bits per heavy atom. The van der Waals surface area contributed by atoms with E-state index in [1.807, 2.05) is 85.7 Å². The summed E-state index contributed by atoms with van der Waals surface area (Å²) in [5, 5.41) is 0. The second-order valence-electron chi connectivity index (χ2n) is 7.42. The molecule has 3 rings (SSSR count). The van der Waals surface area contributed by atoms with Gasteiger partial charge in [0.25, 0.3) is 11.8 Å². The average Bonchev–Trinajstić information content (AvgIpc) is 3.65. The van der Waals surface area contributed by atoms with Gasteiger partial charge in [-0.25, -0.2) is 11.0 Å². The zero-order valence-corrected chi connectivity index (χ0v) is 21.8. The van der Waals surface area contributed by atoms with Gasteiger partial charge in [0.1, 0.15) is 0 Å². The summed E-state index contributed by atoms with van der Waals surface area (Å²) in [5.74, 6) is 0.273. The monoisotopic (exact) mass is 458 g/mol. The summed E-state index contributed by atoms with van der Waals surface area (Å²) >= 11 is 0. The van der Waals surface area contributed by atoms with Crippen LogP contribution < -0.4 is 11.0 Å². The van der Waals surface area contributed by atoms with Crippen molar-refractivity contribution in [2.75, 3.05) is 13.7 Å². The van der Waals surface area contributed by atoms with E-state index >= 15 is 0 Å². The predicted octanol–water partition coefficient (Wildman–Crippen LogP) is 6.02. The molecule has 0 heterocycles. The number of nitrogens with one attached hydrogen (secondary N) is 2. The Morgan fingerprint density at radius 3 is 1.55 bits per heavy atom. The van der Waals surface area contributed by atoms with Crippen molar-refractivity contribution in [3.05, 3.63) is 69.8 Å². The Kier molecular flexibility index (Phi) is 15.5. The number of benzene rings is 2. The summed E-state index contributed by atoms with van der Waals surface area (Å²) in [7, 11) is 1.42. The number of hydrogen-bond acceptors (Lipinski definition) is 4. The van der Waals surface area contributed by atoms with E-state index in [0.717, 1.165) is 11.1 Å². The van der Waals surface area contributed by atoms with Crippen LogP contribution >= 0.6 is 0 Å². The highest BCUT2D eigenvalue weighted by molar-refractivity contribution is 5.94. The summed E-state index contributed by atoms with van der Waals surface area (Å²) in [6, 6.07) is 11.2. The van der Waals surface area contributed by atoms with Crippen molar-refractivity contribution >= 4 is 11.8 Å². The van der Waals surface area contributed by atoms with Gasteiger partial charge in [-0.15, -0.1) is 0 Å². The molecule has 1 aliphatic carbocycles. The van der Waals surface area contributed by atoms with Crippen molar-refractivity contribution in [3.8, 4) is 0 Å². The molecule has 2 aromatic rings. The van der Waals surface area contributed by atoms with E-state index in [9.17, 15) is 9.59 Å². The van der Waals surface area contributed by atoms with Crippen LogP contribution in [0.1, 0.15) is 83.5 Å². The zero-order valence-electron chi connectivity index (χ0n) is 21.8. The first kappa shape index (κ1) is 30.3. The topological polar surface area (TPSA) is 76.7 Å². The molecule has 33 heavy (non-hydrogen) atoms. The van der Waals surface area contributed by atoms with E-state index in [-0.39, 0.29) is 11.8 Å². The molecule has 2 aromatic carbocycles. The van der Waals surface area contributed by atoms with E-state index in [4.69, 9.17) is 4.84 Å². The van der Waals surface area contributed by atoms with Crippen molar-refractivity contribution in [3.63, 3.8) is 0 Å². The largest absolute Gasteiger partial charge is 0.277 e. The first-order valence-corrected chi connectivity index (χ1v) is 11.7. The van der Waals surface area contributed by atoms with E-state index in [1.54, 1.807) is 6.07 Å². The minimum absolute atomic E-state index is 0.163. The van der Waals surface area contributed by atoms with Crippen LogP contribution in [0.3, 0.4) is 0 Å². The maximum Gasteiger partial charge on any atom is 0.274 e. The molecule has 0 atom stereocenters. The van der Waals surface area contributed by atoms with Gasteiger partial charge in [-0.3, -0.25) is 19.3 Å². The van der Waals surface area contributed by atoms with Crippen LogP contribution in [0.4, 0.5) is 0 Å². The number of aryl methyl sites for hydroxylation is 4. The Labute approximate surface area is 200 Å². The molecule has 0 unspecified atom stereocenters. The SMILES string of the molecule is CC.CC.CONC(=O)c1ccc(C)c(C)c1.Cc1ccc(C(=O)NOCC2CC2)cc1C. The Bertz CT molecular complexity index is 861. The lowest BCUT2D eigenvalue weighted by Crippen LogP contribution is -2.24. The third-order valence-corrected chi connectivity index (χ3v) is 4.91. The predicted molar refractivity (Wildman–Crippen MR) is 135 cm³/mol. The molecule has 0 radical (unpaired) electrons. The molecule has 2 N–H and O–H groups in total. The van der Waals surface area contributed by atoms with Crippen molar-refractivity contribution in [1.82, 2.24) is 11.0 Å². The molecule has 2 amide bonds. The van der Waals surface area contributed by atoms with Crippen LogP contribution in [0.15, 0.2) is 36.4 Å². The van der Waals surface area contributed by atoms with Crippen molar-refractivity contribution in [2.24, 2.45) is 5.92 Å². The third kappa shape index (κ3) is 11.6. The molecular formula is C27H42N2O4. The van der Waals surface area contributed by atoms with Crippen LogP contribution in [0.5, 0.6) is 0 Å². The van der Waals surface area contributed by atoms with Gasteiger partial charge in [0.05, 0.1) is 13.7 Å². The van der Waals surface area contributed by atoms with Crippen molar-refractivity contribution in [2.45, 2.75) is 68.2 Å². The highest BCUT2D eigenvalue weighted by atomic mass is 16.7. The molecular weight excluding hydrogens is 416 g/mol. The fraction of sp³-hybridized carbons (Fsp3) is 0.481. The second kappa shape index (κ2) is 16.9. The number of carbonyl (C=O) groups is 2. The van der Waals surface area contributed by atoms with Gasteiger partial charge in [0, 0.05) is 11.1 Å². The van der Waals surface area contributed by atoms with E-state index in [0.29, 0.717) is 23.7 Å². The van der Waals surface area contributed by atoms with Gasteiger partial charge in [0.2, 0.25) is 0 Å². The standard InChI is InChI=1S/C13H17NO2.C10H13NO2.2C2H6/c1-9-3-6-12(7-10(9)2)13(15)14-16-8-11-4-5-11;1-7-4-5-9(6-8(7)2)10(12)11-13-3;2*1-2/h3,6-7,11H,4-5,8H2,1-2H3,(H,14,15);4-6H,1-3H3,(H,11,12);2*1-2H3. The minimum atomic E-state index is -0.217. The van der Waals surface area contributed by atoms with Crippen LogP contribution in [0.25, 0.3) is 0 Å². The summed E-state index contributed by atoms with van der Waals surface area (Å²) in [5.41, 5.74) is 10.6.